The van der Waals surface area contributed by atoms with Crippen LogP contribution in [0.25, 0.3) is 0 Å². The minimum absolute atomic E-state index is 0.0145. The fourth-order valence-electron chi connectivity index (χ4n) is 2.53. The maximum atomic E-state index is 14.4. The zero-order chi connectivity index (χ0) is 18.4. The van der Waals surface area contributed by atoms with Crippen molar-refractivity contribution < 1.29 is 14.1 Å². The topological polar surface area (TPSA) is 84.6 Å². The van der Waals surface area contributed by atoms with Crippen LogP contribution < -0.4 is 5.32 Å². The lowest BCUT2D eigenvalue weighted by molar-refractivity contribution is -0.384. The van der Waals surface area contributed by atoms with Crippen LogP contribution in [0.2, 0.25) is 5.02 Å². The van der Waals surface area contributed by atoms with Crippen LogP contribution in [0.3, 0.4) is 0 Å². The van der Waals surface area contributed by atoms with Crippen LogP contribution >= 0.6 is 11.6 Å². The molecule has 2 aromatic carbocycles. The second-order valence-electron chi connectivity index (χ2n) is 6.06. The van der Waals surface area contributed by atoms with E-state index in [1.165, 1.54) is 24.3 Å². The number of benzodiazepines with no additional fused rings is 1. The number of amides is 1. The lowest BCUT2D eigenvalue weighted by atomic mass is 9.99. The summed E-state index contributed by atoms with van der Waals surface area (Å²) < 4.78 is 14.4. The molecule has 0 spiro atoms. The predicted octanol–water partition coefficient (Wildman–Crippen LogP) is 3.96. The number of anilines is 1. The number of fused-ring (bicyclic) bond motifs is 1. The maximum Gasteiger partial charge on any atom is 0.271 e. The van der Waals surface area contributed by atoms with E-state index >= 15 is 0 Å². The molecule has 1 aliphatic rings. The number of hydrogen-bond acceptors (Lipinski definition) is 4. The molecule has 8 heteroatoms. The van der Waals surface area contributed by atoms with Crippen molar-refractivity contribution in [3.05, 3.63) is 68.5 Å². The van der Waals surface area contributed by atoms with E-state index in [-0.39, 0.29) is 33.2 Å². The fraction of sp³-hybridized carbons (Fsp3) is 0.176. The number of carbonyl (C=O) groups is 1. The van der Waals surface area contributed by atoms with Crippen LogP contribution in [0.5, 0.6) is 0 Å². The molecule has 1 heterocycles. The van der Waals surface area contributed by atoms with Crippen LogP contribution in [-0.4, -0.2) is 22.1 Å². The molecule has 0 bridgehead atoms. The van der Waals surface area contributed by atoms with Crippen LogP contribution in [-0.2, 0) is 4.79 Å². The molecule has 1 amide bonds. The molecule has 0 saturated heterocycles. The van der Waals surface area contributed by atoms with Gasteiger partial charge in [0.15, 0.2) is 0 Å². The van der Waals surface area contributed by atoms with Gasteiger partial charge in [0.2, 0.25) is 0 Å². The van der Waals surface area contributed by atoms with Gasteiger partial charge >= 0.3 is 0 Å². The second kappa shape index (κ2) is 5.93. The average Bonchev–Trinajstić information content (AvgIpc) is 2.64. The van der Waals surface area contributed by atoms with Gasteiger partial charge in [-0.1, -0.05) is 23.7 Å². The van der Waals surface area contributed by atoms with Gasteiger partial charge in [0, 0.05) is 23.3 Å². The van der Waals surface area contributed by atoms with Crippen molar-refractivity contribution in [1.82, 2.24) is 0 Å². The maximum absolute atomic E-state index is 14.4. The summed E-state index contributed by atoms with van der Waals surface area (Å²) in [6.45, 7) is 3.13. The standard InChI is InChI=1S/C17H13ClFN3O3/c1-17(2)16(23)20-15-11(7-9(22(24)25)8-12(15)18)14(21-17)10-5-3-4-6-13(10)19/h3-8H,1-2H3,(H,20,23). The van der Waals surface area contributed by atoms with Crippen molar-refractivity contribution in [2.24, 2.45) is 4.99 Å². The van der Waals surface area contributed by atoms with Gasteiger partial charge in [-0.3, -0.25) is 19.9 Å². The zero-order valence-electron chi connectivity index (χ0n) is 13.3. The Bertz CT molecular complexity index is 941. The Morgan fingerprint density at radius 3 is 2.56 bits per heavy atom. The van der Waals surface area contributed by atoms with E-state index in [1.807, 2.05) is 0 Å². The molecule has 0 radical (unpaired) electrons. The molecule has 25 heavy (non-hydrogen) atoms. The molecule has 3 rings (SSSR count). The van der Waals surface area contributed by atoms with Gasteiger partial charge < -0.3 is 5.32 Å². The highest BCUT2D eigenvalue weighted by atomic mass is 35.5. The highest BCUT2D eigenvalue weighted by Gasteiger charge is 2.34. The number of hydrogen-bond donors (Lipinski definition) is 1. The molecule has 0 aliphatic carbocycles. The minimum atomic E-state index is -1.21. The van der Waals surface area contributed by atoms with Gasteiger partial charge in [0.1, 0.15) is 11.4 Å². The average molecular weight is 362 g/mol. The van der Waals surface area contributed by atoms with Gasteiger partial charge in [-0.25, -0.2) is 4.39 Å². The molecular weight excluding hydrogens is 349 g/mol. The Morgan fingerprint density at radius 1 is 1.24 bits per heavy atom. The molecule has 0 aromatic heterocycles. The first-order valence-corrected chi connectivity index (χ1v) is 7.73. The van der Waals surface area contributed by atoms with Crippen molar-refractivity contribution in [2.45, 2.75) is 19.4 Å². The molecule has 1 aliphatic heterocycles. The van der Waals surface area contributed by atoms with E-state index in [9.17, 15) is 19.3 Å². The normalized spacial score (nSPS) is 15.7. The lowest BCUT2D eigenvalue weighted by Gasteiger charge is -2.17. The number of nitro groups is 1. The quantitative estimate of drug-likeness (QED) is 0.649. The third-order valence-electron chi connectivity index (χ3n) is 3.86. The monoisotopic (exact) mass is 361 g/mol. The Morgan fingerprint density at radius 2 is 1.92 bits per heavy atom. The summed E-state index contributed by atoms with van der Waals surface area (Å²) >= 11 is 6.15. The summed E-state index contributed by atoms with van der Waals surface area (Å²) in [5.41, 5.74) is -0.865. The second-order valence-corrected chi connectivity index (χ2v) is 6.47. The first kappa shape index (κ1) is 17.0. The number of nitro benzene ring substituents is 1. The van der Waals surface area contributed by atoms with Crippen LogP contribution in [0.15, 0.2) is 41.4 Å². The molecule has 128 valence electrons. The number of aliphatic imine (C=N–C) groups is 1. The van der Waals surface area contributed by atoms with E-state index in [4.69, 9.17) is 11.6 Å². The zero-order valence-corrected chi connectivity index (χ0v) is 14.1. The number of benzene rings is 2. The highest BCUT2D eigenvalue weighted by Crippen LogP contribution is 2.36. The smallest absolute Gasteiger partial charge is 0.271 e. The Balaban J connectivity index is 2.38. The third-order valence-corrected chi connectivity index (χ3v) is 4.15. The van der Waals surface area contributed by atoms with E-state index in [0.29, 0.717) is 0 Å². The largest absolute Gasteiger partial charge is 0.322 e. The number of nitrogens with zero attached hydrogens (tertiary/aromatic N) is 2. The summed E-state index contributed by atoms with van der Waals surface area (Å²) in [7, 11) is 0. The predicted molar refractivity (Wildman–Crippen MR) is 92.9 cm³/mol. The van der Waals surface area contributed by atoms with Crippen LogP contribution in [0, 0.1) is 15.9 Å². The summed E-state index contributed by atoms with van der Waals surface area (Å²) in [5.74, 6) is -1.00. The van der Waals surface area contributed by atoms with Gasteiger partial charge in [-0.2, -0.15) is 0 Å². The number of non-ortho nitro benzene ring substituents is 1. The van der Waals surface area contributed by atoms with E-state index < -0.39 is 22.2 Å². The molecular formula is C17H13ClFN3O3. The molecule has 0 unspecified atom stereocenters. The Labute approximate surface area is 147 Å². The number of carbonyl (C=O) groups excluding carboxylic acids is 1. The molecule has 1 N–H and O–H groups in total. The van der Waals surface area contributed by atoms with Gasteiger partial charge in [0.25, 0.3) is 11.6 Å². The van der Waals surface area contributed by atoms with Crippen LogP contribution in [0.4, 0.5) is 15.8 Å². The number of nitrogens with one attached hydrogen (secondary N) is 1. The van der Waals surface area contributed by atoms with E-state index in [0.717, 1.165) is 6.07 Å². The van der Waals surface area contributed by atoms with Gasteiger partial charge in [0.05, 0.1) is 21.3 Å². The number of halogens is 2. The van der Waals surface area contributed by atoms with Gasteiger partial charge in [-0.15, -0.1) is 0 Å². The first-order chi connectivity index (χ1) is 11.7. The SMILES string of the molecule is CC1(C)N=C(c2ccccc2F)c2cc([N+](=O)[O-])cc(Cl)c2NC1=O. The molecule has 0 saturated carbocycles. The minimum Gasteiger partial charge on any atom is -0.322 e. The Hall–Kier alpha value is -2.80. The first-order valence-electron chi connectivity index (χ1n) is 7.35. The van der Waals surface area contributed by atoms with Crippen molar-refractivity contribution in [3.8, 4) is 0 Å². The van der Waals surface area contributed by atoms with Crippen molar-refractivity contribution >= 4 is 34.6 Å². The lowest BCUT2D eigenvalue weighted by Crippen LogP contribution is -2.34. The summed E-state index contributed by atoms with van der Waals surface area (Å²) in [6.07, 6.45) is 0. The fourth-order valence-corrected chi connectivity index (χ4v) is 2.79. The van der Waals surface area contributed by atoms with Crippen LogP contribution in [0.1, 0.15) is 25.0 Å². The molecule has 0 fully saturated rings. The van der Waals surface area contributed by atoms with E-state index in [2.05, 4.69) is 10.3 Å². The van der Waals surface area contributed by atoms with Crippen molar-refractivity contribution in [1.29, 1.82) is 0 Å². The summed E-state index contributed by atoms with van der Waals surface area (Å²) in [5, 5.41) is 13.8. The van der Waals surface area contributed by atoms with E-state index in [1.54, 1.807) is 19.9 Å². The summed E-state index contributed by atoms with van der Waals surface area (Å²) in [4.78, 5) is 27.4. The molecule has 2 aromatic rings. The highest BCUT2D eigenvalue weighted by molar-refractivity contribution is 6.36. The van der Waals surface area contributed by atoms with Crippen molar-refractivity contribution in [2.75, 3.05) is 5.32 Å². The van der Waals surface area contributed by atoms with Gasteiger partial charge in [-0.05, 0) is 26.0 Å². The Kier molecular flexibility index (Phi) is 4.04. The molecule has 6 nitrogen and oxygen atoms in total. The van der Waals surface area contributed by atoms with Crippen molar-refractivity contribution in [3.63, 3.8) is 0 Å². The summed E-state index contributed by atoms with van der Waals surface area (Å²) in [6, 6.07) is 8.25. The third kappa shape index (κ3) is 2.98. The molecule has 0 atom stereocenters. The number of rotatable bonds is 2.